The average molecular weight is 586 g/mol. The molecule has 3 N–H and O–H groups in total. The van der Waals surface area contributed by atoms with Gasteiger partial charge in [-0.1, -0.05) is 63.3 Å². The van der Waals surface area contributed by atoms with Crippen LogP contribution in [0.5, 0.6) is 0 Å². The molecular weight excluding hydrogens is 530 g/mol. The smallest absolute Gasteiger partial charge is 0.411 e. The number of allylic oxidation sites excluding steroid dienone is 4. The molecule has 3 amide bonds. The number of carbonyl (C=O) groups is 3. The average Bonchev–Trinajstić information content (AvgIpc) is 3.60. The first-order valence-electron chi connectivity index (χ1n) is 16.0. The molecule has 0 saturated carbocycles. The fraction of sp³-hybridized carbons (Fsp3) is 0.697. The molecule has 2 heterocycles. The van der Waals surface area contributed by atoms with Crippen LogP contribution in [0, 0.1) is 0 Å². The minimum Gasteiger partial charge on any atom is -0.444 e. The summed E-state index contributed by atoms with van der Waals surface area (Å²) in [4.78, 5) is 47.0. The zero-order chi connectivity index (χ0) is 30.6. The number of likely N-dealkylation sites (tertiary alicyclic amines) is 1. The third-order valence-corrected chi connectivity index (χ3v) is 7.20. The van der Waals surface area contributed by atoms with E-state index in [1.54, 1.807) is 33.3 Å². The summed E-state index contributed by atoms with van der Waals surface area (Å²) in [6.45, 7) is 8.29. The summed E-state index contributed by atoms with van der Waals surface area (Å²) >= 11 is 0. The monoisotopic (exact) mass is 585 g/mol. The largest absolute Gasteiger partial charge is 0.444 e. The van der Waals surface area contributed by atoms with Crippen molar-refractivity contribution in [3.8, 4) is 0 Å². The van der Waals surface area contributed by atoms with E-state index in [1.807, 2.05) is 0 Å². The van der Waals surface area contributed by atoms with E-state index in [2.05, 4.69) is 51.8 Å². The predicted octanol–water partition coefficient (Wildman–Crippen LogP) is 6.38. The number of nitrogens with zero attached hydrogens (tertiary/aromatic N) is 2. The number of H-pyrrole nitrogens is 1. The summed E-state index contributed by atoms with van der Waals surface area (Å²) in [6, 6.07) is -0.978. The Balaban J connectivity index is 1.65. The molecule has 2 atom stereocenters. The third kappa shape index (κ3) is 15.2. The van der Waals surface area contributed by atoms with E-state index >= 15 is 0 Å². The molecule has 1 aliphatic rings. The number of hydrogen-bond acceptors (Lipinski definition) is 5. The molecular formula is C33H55N5O4. The van der Waals surface area contributed by atoms with Crippen LogP contribution in [-0.4, -0.2) is 63.5 Å². The van der Waals surface area contributed by atoms with E-state index in [1.165, 1.54) is 43.4 Å². The summed E-state index contributed by atoms with van der Waals surface area (Å²) in [5.74, 6) is -0.277. The molecule has 1 aromatic rings. The highest BCUT2D eigenvalue weighted by Gasteiger charge is 2.41. The van der Waals surface area contributed by atoms with Crippen molar-refractivity contribution in [2.75, 3.05) is 13.1 Å². The molecule has 1 aliphatic heterocycles. The lowest BCUT2D eigenvalue weighted by Crippen LogP contribution is -2.48. The number of rotatable bonds is 19. The normalized spacial score (nSPS) is 17.3. The van der Waals surface area contributed by atoms with Crippen LogP contribution in [0.1, 0.15) is 117 Å². The Morgan fingerprint density at radius 1 is 1.02 bits per heavy atom. The molecule has 2 rings (SSSR count). The van der Waals surface area contributed by atoms with Gasteiger partial charge >= 0.3 is 6.09 Å². The van der Waals surface area contributed by atoms with Crippen LogP contribution in [0.15, 0.2) is 36.8 Å². The van der Waals surface area contributed by atoms with Gasteiger partial charge in [-0.05, 0) is 65.7 Å². The Hall–Kier alpha value is -3.10. The highest BCUT2D eigenvalue weighted by molar-refractivity contribution is 5.87. The van der Waals surface area contributed by atoms with Gasteiger partial charge in [-0.2, -0.15) is 0 Å². The molecule has 1 fully saturated rings. The first-order chi connectivity index (χ1) is 20.2. The molecule has 0 spiro atoms. The van der Waals surface area contributed by atoms with Gasteiger partial charge in [-0.25, -0.2) is 9.78 Å². The molecule has 0 unspecified atom stereocenters. The number of hydrogen-bond donors (Lipinski definition) is 3. The minimum absolute atomic E-state index is 0.0323. The van der Waals surface area contributed by atoms with Crippen molar-refractivity contribution in [1.82, 2.24) is 25.5 Å². The molecule has 0 aliphatic carbocycles. The molecule has 1 saturated heterocycles. The van der Waals surface area contributed by atoms with E-state index < -0.39 is 17.7 Å². The lowest BCUT2D eigenvalue weighted by Gasteiger charge is -2.28. The van der Waals surface area contributed by atoms with Gasteiger partial charge in [0.2, 0.25) is 11.8 Å². The van der Waals surface area contributed by atoms with Crippen molar-refractivity contribution >= 4 is 17.9 Å². The van der Waals surface area contributed by atoms with Crippen molar-refractivity contribution in [1.29, 1.82) is 0 Å². The van der Waals surface area contributed by atoms with E-state index in [-0.39, 0.29) is 24.4 Å². The van der Waals surface area contributed by atoms with Crippen molar-refractivity contribution in [3.05, 3.63) is 42.5 Å². The van der Waals surface area contributed by atoms with Crippen molar-refractivity contribution in [3.63, 3.8) is 0 Å². The highest BCUT2D eigenvalue weighted by atomic mass is 16.6. The maximum absolute atomic E-state index is 13.0. The summed E-state index contributed by atoms with van der Waals surface area (Å²) < 4.78 is 5.55. The van der Waals surface area contributed by atoms with Crippen LogP contribution in [0.2, 0.25) is 0 Å². The molecule has 1 aromatic heterocycles. The molecule has 0 radical (unpaired) electrons. The van der Waals surface area contributed by atoms with E-state index in [0.717, 1.165) is 37.8 Å². The fourth-order valence-electron chi connectivity index (χ4n) is 4.97. The topological polar surface area (TPSA) is 116 Å². The number of aromatic nitrogens is 2. The number of amides is 3. The number of imidazole rings is 1. The standard InChI is InChI=1S/C33H55N5O4/c1-5-6-7-8-9-10-11-12-13-14-15-16-17-18-19-20-30(39)37-28-23-29(38(25-28)32(41)42-33(2,3)4)31(40)35-22-21-27-24-34-26-36-27/h9-10,12-13,24,26,28-29H,5-8,11,14-23,25H2,1-4H3,(H,34,36)(H,35,40)(H,37,39)/b10-9-,13-12-/t28-,29-/m0/s1. The van der Waals surface area contributed by atoms with Crippen LogP contribution < -0.4 is 10.6 Å². The van der Waals surface area contributed by atoms with Gasteiger partial charge in [0.05, 0.1) is 6.33 Å². The fourth-order valence-corrected chi connectivity index (χ4v) is 4.97. The van der Waals surface area contributed by atoms with Crippen LogP contribution in [0.4, 0.5) is 4.79 Å². The Morgan fingerprint density at radius 2 is 1.71 bits per heavy atom. The number of aromatic amines is 1. The van der Waals surface area contributed by atoms with Crippen molar-refractivity contribution < 1.29 is 19.1 Å². The molecule has 236 valence electrons. The van der Waals surface area contributed by atoms with Gasteiger partial charge in [0.15, 0.2) is 0 Å². The summed E-state index contributed by atoms with van der Waals surface area (Å²) in [5.41, 5.74) is 0.241. The molecule has 9 heteroatoms. The lowest BCUT2D eigenvalue weighted by atomic mass is 10.1. The highest BCUT2D eigenvalue weighted by Crippen LogP contribution is 2.22. The van der Waals surface area contributed by atoms with Crippen LogP contribution in [-0.2, 0) is 20.7 Å². The van der Waals surface area contributed by atoms with Gasteiger partial charge in [-0.3, -0.25) is 14.5 Å². The maximum Gasteiger partial charge on any atom is 0.411 e. The number of unbranched alkanes of at least 4 members (excludes halogenated alkanes) is 8. The van der Waals surface area contributed by atoms with Gasteiger partial charge in [0.1, 0.15) is 11.6 Å². The zero-order valence-electron chi connectivity index (χ0n) is 26.5. The van der Waals surface area contributed by atoms with E-state index in [0.29, 0.717) is 25.8 Å². The summed E-state index contributed by atoms with van der Waals surface area (Å²) in [7, 11) is 0. The van der Waals surface area contributed by atoms with Crippen LogP contribution >= 0.6 is 0 Å². The van der Waals surface area contributed by atoms with Crippen LogP contribution in [0.25, 0.3) is 0 Å². The number of carbonyl (C=O) groups excluding carboxylic acids is 3. The van der Waals surface area contributed by atoms with Crippen LogP contribution in [0.3, 0.4) is 0 Å². The summed E-state index contributed by atoms with van der Waals surface area (Å²) in [5, 5.41) is 5.96. The Bertz CT molecular complexity index is 968. The Morgan fingerprint density at radius 3 is 2.38 bits per heavy atom. The number of ether oxygens (including phenoxy) is 1. The Kier molecular flexibility index (Phi) is 16.6. The third-order valence-electron chi connectivity index (χ3n) is 7.20. The molecule has 9 nitrogen and oxygen atoms in total. The second-order valence-electron chi connectivity index (χ2n) is 12.2. The zero-order valence-corrected chi connectivity index (χ0v) is 26.5. The predicted molar refractivity (Wildman–Crippen MR) is 168 cm³/mol. The SMILES string of the molecule is CCCCC/C=C\C/C=C\CCCCCCCC(=O)N[C@H]1C[C@@H](C(=O)NCCc2cnc[nH]2)N(C(=O)OC(C)(C)C)C1. The first-order valence-corrected chi connectivity index (χ1v) is 16.0. The molecule has 0 aromatic carbocycles. The lowest BCUT2D eigenvalue weighted by molar-refractivity contribution is -0.125. The molecule has 42 heavy (non-hydrogen) atoms. The second-order valence-corrected chi connectivity index (χ2v) is 12.2. The maximum atomic E-state index is 13.0. The van der Waals surface area contributed by atoms with E-state index in [9.17, 15) is 14.4 Å². The Labute approximate surface area is 253 Å². The van der Waals surface area contributed by atoms with Crippen molar-refractivity contribution in [2.24, 2.45) is 0 Å². The number of nitrogens with one attached hydrogen (secondary N) is 3. The van der Waals surface area contributed by atoms with Gasteiger partial charge < -0.3 is 20.4 Å². The van der Waals surface area contributed by atoms with Crippen molar-refractivity contribution in [2.45, 2.75) is 135 Å². The molecule has 0 bridgehead atoms. The quantitative estimate of drug-likeness (QED) is 0.129. The van der Waals surface area contributed by atoms with E-state index in [4.69, 9.17) is 4.74 Å². The second kappa shape index (κ2) is 19.9. The summed E-state index contributed by atoms with van der Waals surface area (Å²) in [6.07, 6.45) is 25.8. The minimum atomic E-state index is -0.692. The van der Waals surface area contributed by atoms with Gasteiger partial charge in [-0.15, -0.1) is 0 Å². The first kappa shape index (κ1) is 35.1. The van der Waals surface area contributed by atoms with Gasteiger partial charge in [0.25, 0.3) is 0 Å². The van der Waals surface area contributed by atoms with Gasteiger partial charge in [0, 0.05) is 43.9 Å².